The Labute approximate surface area is 239 Å². The van der Waals surface area contributed by atoms with E-state index < -0.39 is 15.8 Å². The molecule has 12 nitrogen and oxygen atoms in total. The quantitative estimate of drug-likeness (QED) is 0.220. The molecule has 0 amide bonds. The first kappa shape index (κ1) is 26.1. The molecule has 1 aromatic carbocycles. The standard InChI is InChI=1S/C28H25FN10O2S/c1-42(40,41)34-7-15-2-16(4-18(29)3-15)22-9-31-11-25-20(22)6-23(35-25)27-21-5-17(8-33-28(21)38-37-27)24-10-32-12-26(36-24)39-13-19(30)14-39/h2-6,8-12,19,34-35H,7,13-14,30H2,1H3,(H,33,37,38). The van der Waals surface area contributed by atoms with E-state index in [0.717, 1.165) is 58.4 Å². The Morgan fingerprint density at radius 2 is 1.86 bits per heavy atom. The number of nitrogens with one attached hydrogen (secondary N) is 3. The van der Waals surface area contributed by atoms with Gasteiger partial charge in [0.1, 0.15) is 11.6 Å². The van der Waals surface area contributed by atoms with Gasteiger partial charge in [-0.1, -0.05) is 0 Å². The molecule has 1 aliphatic rings. The van der Waals surface area contributed by atoms with Crippen molar-refractivity contribution in [1.29, 1.82) is 0 Å². The Morgan fingerprint density at radius 3 is 2.67 bits per heavy atom. The number of hydrogen-bond donors (Lipinski definition) is 4. The third-order valence-electron chi connectivity index (χ3n) is 7.18. The van der Waals surface area contributed by atoms with Gasteiger partial charge in [0.05, 0.1) is 47.4 Å². The molecule has 14 heteroatoms. The van der Waals surface area contributed by atoms with Crippen LogP contribution < -0.4 is 15.4 Å². The summed E-state index contributed by atoms with van der Waals surface area (Å²) in [5, 5.41) is 9.06. The number of benzene rings is 1. The third-order valence-corrected chi connectivity index (χ3v) is 7.85. The predicted molar refractivity (Wildman–Crippen MR) is 157 cm³/mol. The van der Waals surface area contributed by atoms with Gasteiger partial charge in [-0.3, -0.25) is 15.1 Å². The van der Waals surface area contributed by atoms with Crippen molar-refractivity contribution in [3.63, 3.8) is 0 Å². The van der Waals surface area contributed by atoms with Crippen LogP contribution in [0.4, 0.5) is 10.2 Å². The molecule has 1 aliphatic heterocycles. The summed E-state index contributed by atoms with van der Waals surface area (Å²) in [7, 11) is -3.43. The minimum absolute atomic E-state index is 0.0281. The van der Waals surface area contributed by atoms with Crippen LogP contribution in [0.25, 0.3) is 55.7 Å². The number of aromatic nitrogens is 7. The fourth-order valence-corrected chi connectivity index (χ4v) is 5.56. The molecule has 7 rings (SSSR count). The molecule has 0 atom stereocenters. The van der Waals surface area contributed by atoms with Crippen molar-refractivity contribution in [2.75, 3.05) is 24.2 Å². The zero-order valence-electron chi connectivity index (χ0n) is 22.3. The maximum atomic E-state index is 14.6. The highest BCUT2D eigenvalue weighted by molar-refractivity contribution is 7.88. The van der Waals surface area contributed by atoms with Gasteiger partial charge in [0, 0.05) is 60.0 Å². The normalized spacial score (nSPS) is 14.1. The maximum Gasteiger partial charge on any atom is 0.209 e. The summed E-state index contributed by atoms with van der Waals surface area (Å²) in [5.41, 5.74) is 11.9. The predicted octanol–water partition coefficient (Wildman–Crippen LogP) is 2.96. The molecule has 1 saturated heterocycles. The summed E-state index contributed by atoms with van der Waals surface area (Å²) >= 11 is 0. The molecule has 0 spiro atoms. The number of halogens is 1. The highest BCUT2D eigenvalue weighted by atomic mass is 32.2. The Balaban J connectivity index is 1.26. The van der Waals surface area contributed by atoms with Crippen molar-refractivity contribution in [2.45, 2.75) is 12.6 Å². The van der Waals surface area contributed by atoms with E-state index in [4.69, 9.17) is 10.7 Å². The van der Waals surface area contributed by atoms with Gasteiger partial charge in [-0.2, -0.15) is 5.10 Å². The highest BCUT2D eigenvalue weighted by Crippen LogP contribution is 2.35. The maximum absolute atomic E-state index is 14.6. The molecule has 5 aromatic heterocycles. The number of fused-ring (bicyclic) bond motifs is 2. The van der Waals surface area contributed by atoms with Crippen LogP contribution in [0, 0.1) is 5.82 Å². The largest absolute Gasteiger partial charge is 0.352 e. The third kappa shape index (κ3) is 4.95. The SMILES string of the molecule is CS(=O)(=O)NCc1cc(F)cc(-c2cncc3[nH]c(-c4[nH]nc5ncc(-c6cncc(N7CC(N)C7)n6)cc45)cc23)c1. The van der Waals surface area contributed by atoms with Crippen LogP contribution in [0.2, 0.25) is 0 Å². The second-order valence-electron chi connectivity index (χ2n) is 10.4. The lowest BCUT2D eigenvalue weighted by Gasteiger charge is -2.37. The van der Waals surface area contributed by atoms with E-state index in [2.05, 4.69) is 39.8 Å². The van der Waals surface area contributed by atoms with Gasteiger partial charge in [-0.15, -0.1) is 0 Å². The van der Waals surface area contributed by atoms with Crippen LogP contribution in [-0.4, -0.2) is 68.9 Å². The van der Waals surface area contributed by atoms with Crippen LogP contribution >= 0.6 is 0 Å². The summed E-state index contributed by atoms with van der Waals surface area (Å²) in [6.07, 6.45) is 9.56. The summed E-state index contributed by atoms with van der Waals surface area (Å²) in [6, 6.07) is 8.51. The highest BCUT2D eigenvalue weighted by Gasteiger charge is 2.25. The Bertz CT molecular complexity index is 2090. The number of nitrogens with two attached hydrogens (primary N) is 1. The molecule has 6 aromatic rings. The van der Waals surface area contributed by atoms with Gasteiger partial charge in [-0.25, -0.2) is 27.5 Å². The first-order valence-electron chi connectivity index (χ1n) is 13.1. The summed E-state index contributed by atoms with van der Waals surface area (Å²) in [5.74, 6) is 0.290. The smallest absolute Gasteiger partial charge is 0.209 e. The lowest BCUT2D eigenvalue weighted by molar-refractivity contribution is 0.514. The molecule has 212 valence electrons. The molecule has 42 heavy (non-hydrogen) atoms. The average Bonchev–Trinajstić information content (AvgIpc) is 3.57. The number of nitrogens with zero attached hydrogens (tertiary/aromatic N) is 6. The lowest BCUT2D eigenvalue weighted by atomic mass is 10.0. The number of anilines is 1. The molecular formula is C28H25FN10O2S. The van der Waals surface area contributed by atoms with Gasteiger partial charge in [-0.05, 0) is 41.5 Å². The number of pyridine rings is 2. The fraction of sp³-hybridized carbons (Fsp3) is 0.179. The second kappa shape index (κ2) is 9.94. The fourth-order valence-electron chi connectivity index (χ4n) is 5.13. The van der Waals surface area contributed by atoms with Crippen LogP contribution in [0.15, 0.2) is 61.3 Å². The molecule has 1 fully saturated rings. The molecule has 6 heterocycles. The van der Waals surface area contributed by atoms with Gasteiger partial charge in [0.25, 0.3) is 0 Å². The Morgan fingerprint density at radius 1 is 1.02 bits per heavy atom. The summed E-state index contributed by atoms with van der Waals surface area (Å²) in [4.78, 5) is 23.5. The van der Waals surface area contributed by atoms with Crippen LogP contribution in [0.3, 0.4) is 0 Å². The molecular weight excluding hydrogens is 559 g/mol. The molecule has 0 bridgehead atoms. The van der Waals surface area contributed by atoms with Crippen molar-refractivity contribution >= 4 is 37.8 Å². The molecule has 0 saturated carbocycles. The van der Waals surface area contributed by atoms with E-state index in [9.17, 15) is 12.8 Å². The van der Waals surface area contributed by atoms with Crippen LogP contribution in [0.1, 0.15) is 5.56 Å². The van der Waals surface area contributed by atoms with Gasteiger partial charge in [0.2, 0.25) is 10.0 Å². The molecule has 0 radical (unpaired) electrons. The van der Waals surface area contributed by atoms with E-state index in [-0.39, 0.29) is 12.6 Å². The lowest BCUT2D eigenvalue weighted by Crippen LogP contribution is -2.56. The number of aromatic amines is 2. The van der Waals surface area contributed by atoms with Crippen LogP contribution in [-0.2, 0) is 16.6 Å². The zero-order valence-corrected chi connectivity index (χ0v) is 23.2. The summed E-state index contributed by atoms with van der Waals surface area (Å²) in [6.45, 7) is 1.46. The first-order chi connectivity index (χ1) is 20.2. The van der Waals surface area contributed by atoms with Gasteiger partial charge in [0.15, 0.2) is 5.65 Å². The second-order valence-corrected chi connectivity index (χ2v) is 12.2. The minimum atomic E-state index is -3.43. The average molecular weight is 585 g/mol. The molecule has 0 aliphatic carbocycles. The van der Waals surface area contributed by atoms with Gasteiger partial charge >= 0.3 is 0 Å². The van der Waals surface area contributed by atoms with Crippen molar-refractivity contribution < 1.29 is 12.8 Å². The Hall–Kier alpha value is -4.79. The van der Waals surface area contributed by atoms with E-state index in [1.807, 2.05) is 12.1 Å². The number of rotatable bonds is 7. The van der Waals surface area contributed by atoms with Gasteiger partial charge < -0.3 is 15.6 Å². The summed E-state index contributed by atoms with van der Waals surface area (Å²) < 4.78 is 40.1. The van der Waals surface area contributed by atoms with Crippen molar-refractivity contribution in [1.82, 2.24) is 39.8 Å². The van der Waals surface area contributed by atoms with Crippen LogP contribution in [0.5, 0.6) is 0 Å². The minimum Gasteiger partial charge on any atom is -0.352 e. The number of sulfonamides is 1. The monoisotopic (exact) mass is 584 g/mol. The Kier molecular flexibility index (Phi) is 6.18. The molecule has 5 N–H and O–H groups in total. The topological polar surface area (TPSA) is 171 Å². The molecule has 0 unspecified atom stereocenters. The van der Waals surface area contributed by atoms with Crippen molar-refractivity contribution in [2.24, 2.45) is 5.73 Å². The number of H-pyrrole nitrogens is 2. The van der Waals surface area contributed by atoms with Crippen molar-refractivity contribution in [3.8, 4) is 33.8 Å². The van der Waals surface area contributed by atoms with E-state index >= 15 is 0 Å². The van der Waals surface area contributed by atoms with E-state index in [1.165, 1.54) is 12.1 Å². The van der Waals surface area contributed by atoms with E-state index in [0.29, 0.717) is 28.0 Å². The zero-order chi connectivity index (χ0) is 29.0. The van der Waals surface area contributed by atoms with Crippen molar-refractivity contribution in [3.05, 3.63) is 72.7 Å². The van der Waals surface area contributed by atoms with E-state index in [1.54, 1.807) is 37.1 Å². The first-order valence-corrected chi connectivity index (χ1v) is 15.0. The number of hydrogen-bond acceptors (Lipinski definition) is 9.